The van der Waals surface area contributed by atoms with Crippen molar-refractivity contribution in [2.24, 2.45) is 0 Å². The molecule has 0 atom stereocenters. The van der Waals surface area contributed by atoms with E-state index in [9.17, 15) is 4.79 Å². The Kier molecular flexibility index (Phi) is 4.48. The SMILES string of the molecule is Nc1ncc(-c2cnn(CC(=O)N3CCCC3)c2)cc1-c1nc2ccccc2s1. The number of likely N-dealkylation sites (tertiary alicyclic amines) is 1. The Labute approximate surface area is 171 Å². The van der Waals surface area contributed by atoms with E-state index in [1.54, 1.807) is 28.4 Å². The molecule has 4 aromatic rings. The Balaban J connectivity index is 1.42. The second-order valence-electron chi connectivity index (χ2n) is 7.16. The van der Waals surface area contributed by atoms with Gasteiger partial charge in [-0.15, -0.1) is 11.3 Å². The minimum absolute atomic E-state index is 0.114. The normalized spacial score (nSPS) is 14.0. The highest BCUT2D eigenvalue weighted by Gasteiger charge is 2.19. The zero-order chi connectivity index (χ0) is 19.8. The van der Waals surface area contributed by atoms with Gasteiger partial charge in [-0.1, -0.05) is 12.1 Å². The van der Waals surface area contributed by atoms with Crippen LogP contribution in [0.25, 0.3) is 31.9 Å². The molecule has 1 aliphatic heterocycles. The first kappa shape index (κ1) is 17.8. The van der Waals surface area contributed by atoms with Crippen molar-refractivity contribution >= 4 is 33.3 Å². The van der Waals surface area contributed by atoms with E-state index in [2.05, 4.69) is 10.1 Å². The highest BCUT2D eigenvalue weighted by atomic mass is 32.1. The van der Waals surface area contributed by atoms with Gasteiger partial charge in [-0.05, 0) is 31.0 Å². The van der Waals surface area contributed by atoms with Crippen molar-refractivity contribution in [1.82, 2.24) is 24.6 Å². The number of nitrogen functional groups attached to an aromatic ring is 1. The number of hydrogen-bond donors (Lipinski definition) is 1. The Bertz CT molecular complexity index is 1160. The van der Waals surface area contributed by atoms with Crippen molar-refractivity contribution in [3.8, 4) is 21.7 Å². The minimum atomic E-state index is 0.114. The van der Waals surface area contributed by atoms with Crippen LogP contribution in [-0.2, 0) is 11.3 Å². The van der Waals surface area contributed by atoms with E-state index in [0.29, 0.717) is 5.82 Å². The summed E-state index contributed by atoms with van der Waals surface area (Å²) in [6, 6.07) is 10.0. The number of benzene rings is 1. The number of pyridine rings is 1. The molecule has 5 rings (SSSR count). The number of thiazole rings is 1. The Morgan fingerprint density at radius 3 is 2.79 bits per heavy atom. The quantitative estimate of drug-likeness (QED) is 0.563. The molecule has 8 heteroatoms. The van der Waals surface area contributed by atoms with Gasteiger partial charge in [0, 0.05) is 36.6 Å². The summed E-state index contributed by atoms with van der Waals surface area (Å²) in [7, 11) is 0. The topological polar surface area (TPSA) is 89.9 Å². The molecule has 0 spiro atoms. The lowest BCUT2D eigenvalue weighted by molar-refractivity contribution is -0.130. The summed E-state index contributed by atoms with van der Waals surface area (Å²) in [4.78, 5) is 23.3. The lowest BCUT2D eigenvalue weighted by atomic mass is 10.1. The van der Waals surface area contributed by atoms with E-state index >= 15 is 0 Å². The highest BCUT2D eigenvalue weighted by molar-refractivity contribution is 7.21. The van der Waals surface area contributed by atoms with Gasteiger partial charge in [0.15, 0.2) is 0 Å². The number of para-hydroxylation sites is 1. The predicted molar refractivity (Wildman–Crippen MR) is 114 cm³/mol. The molecule has 1 aliphatic rings. The van der Waals surface area contributed by atoms with Crippen molar-refractivity contribution in [2.75, 3.05) is 18.8 Å². The Hall–Kier alpha value is -3.26. The first-order chi connectivity index (χ1) is 14.2. The molecule has 0 aliphatic carbocycles. The first-order valence-corrected chi connectivity index (χ1v) is 10.4. The maximum absolute atomic E-state index is 12.4. The van der Waals surface area contributed by atoms with Crippen molar-refractivity contribution in [2.45, 2.75) is 19.4 Å². The van der Waals surface area contributed by atoms with Crippen molar-refractivity contribution in [3.63, 3.8) is 0 Å². The molecule has 0 saturated carbocycles. The van der Waals surface area contributed by atoms with Gasteiger partial charge in [-0.3, -0.25) is 9.48 Å². The van der Waals surface area contributed by atoms with Gasteiger partial charge in [0.05, 0.1) is 22.0 Å². The Morgan fingerprint density at radius 2 is 1.97 bits per heavy atom. The van der Waals surface area contributed by atoms with Crippen molar-refractivity contribution < 1.29 is 4.79 Å². The number of hydrogen-bond acceptors (Lipinski definition) is 6. The number of rotatable bonds is 4. The first-order valence-electron chi connectivity index (χ1n) is 9.59. The van der Waals surface area contributed by atoms with E-state index in [0.717, 1.165) is 57.8 Å². The number of carbonyl (C=O) groups is 1. The molecule has 146 valence electrons. The number of aromatic nitrogens is 4. The molecule has 1 fully saturated rings. The summed E-state index contributed by atoms with van der Waals surface area (Å²) in [5.41, 5.74) is 9.70. The van der Waals surface area contributed by atoms with Crippen LogP contribution >= 0.6 is 11.3 Å². The standard InChI is InChI=1S/C21H20N6OS/c22-20-16(21-25-17-5-1-2-6-18(17)29-21)9-14(10-23-20)15-11-24-27(12-15)13-19(28)26-7-3-4-8-26/h1-2,5-6,9-12H,3-4,7-8,13H2,(H2,22,23). The molecule has 3 aromatic heterocycles. The third-order valence-corrected chi connectivity index (χ3v) is 6.24. The molecule has 7 nitrogen and oxygen atoms in total. The minimum Gasteiger partial charge on any atom is -0.383 e. The Morgan fingerprint density at radius 1 is 1.14 bits per heavy atom. The highest BCUT2D eigenvalue weighted by Crippen LogP contribution is 2.34. The van der Waals surface area contributed by atoms with Gasteiger partial charge in [-0.2, -0.15) is 5.10 Å². The van der Waals surface area contributed by atoms with Gasteiger partial charge in [0.2, 0.25) is 5.91 Å². The summed E-state index contributed by atoms with van der Waals surface area (Å²) in [5, 5.41) is 5.20. The second-order valence-corrected chi connectivity index (χ2v) is 8.19. The fraction of sp³-hybridized carbons (Fsp3) is 0.238. The van der Waals surface area contributed by atoms with E-state index in [-0.39, 0.29) is 12.5 Å². The molecule has 29 heavy (non-hydrogen) atoms. The van der Waals surface area contributed by atoms with Crippen LogP contribution in [0.2, 0.25) is 0 Å². The number of amides is 1. The maximum atomic E-state index is 12.4. The van der Waals surface area contributed by atoms with Gasteiger partial charge in [-0.25, -0.2) is 9.97 Å². The average molecular weight is 404 g/mol. The molecule has 1 aromatic carbocycles. The third kappa shape index (κ3) is 3.47. The number of nitrogens with two attached hydrogens (primary N) is 1. The number of fused-ring (bicyclic) bond motifs is 1. The second kappa shape index (κ2) is 7.29. The summed E-state index contributed by atoms with van der Waals surface area (Å²) < 4.78 is 2.80. The molecular formula is C21H20N6OS. The monoisotopic (exact) mass is 404 g/mol. The van der Waals surface area contributed by atoms with Gasteiger partial charge in [0.1, 0.15) is 17.4 Å². The molecule has 4 heterocycles. The van der Waals surface area contributed by atoms with Crippen molar-refractivity contribution in [3.05, 3.63) is 48.9 Å². The predicted octanol–water partition coefficient (Wildman–Crippen LogP) is 3.43. The summed E-state index contributed by atoms with van der Waals surface area (Å²) in [6.45, 7) is 1.95. The fourth-order valence-corrected chi connectivity index (χ4v) is 4.59. The van der Waals surface area contributed by atoms with Crippen LogP contribution in [0.5, 0.6) is 0 Å². The van der Waals surface area contributed by atoms with Crippen LogP contribution in [0.15, 0.2) is 48.9 Å². The molecule has 0 radical (unpaired) electrons. The maximum Gasteiger partial charge on any atom is 0.244 e. The molecule has 1 saturated heterocycles. The zero-order valence-corrected chi connectivity index (χ0v) is 16.6. The van der Waals surface area contributed by atoms with Crippen LogP contribution < -0.4 is 5.73 Å². The van der Waals surface area contributed by atoms with Crippen LogP contribution in [0.1, 0.15) is 12.8 Å². The van der Waals surface area contributed by atoms with E-state index in [1.807, 2.05) is 41.4 Å². The van der Waals surface area contributed by atoms with Gasteiger partial charge in [0.25, 0.3) is 0 Å². The molecular weight excluding hydrogens is 384 g/mol. The van der Waals surface area contributed by atoms with Crippen LogP contribution in [0, 0.1) is 0 Å². The zero-order valence-electron chi connectivity index (χ0n) is 15.8. The van der Waals surface area contributed by atoms with E-state index in [1.165, 1.54) is 0 Å². The number of nitrogens with zero attached hydrogens (tertiary/aromatic N) is 5. The fourth-order valence-electron chi connectivity index (χ4n) is 3.60. The summed E-state index contributed by atoms with van der Waals surface area (Å²) in [5.74, 6) is 0.562. The van der Waals surface area contributed by atoms with Crippen molar-refractivity contribution in [1.29, 1.82) is 0 Å². The number of carbonyl (C=O) groups excluding carboxylic acids is 1. The van der Waals surface area contributed by atoms with Crippen LogP contribution in [-0.4, -0.2) is 43.6 Å². The molecule has 2 N–H and O–H groups in total. The molecule has 0 unspecified atom stereocenters. The van der Waals surface area contributed by atoms with Gasteiger partial charge >= 0.3 is 0 Å². The van der Waals surface area contributed by atoms with E-state index < -0.39 is 0 Å². The van der Waals surface area contributed by atoms with E-state index in [4.69, 9.17) is 10.7 Å². The van der Waals surface area contributed by atoms with Crippen LogP contribution in [0.3, 0.4) is 0 Å². The lowest BCUT2D eigenvalue weighted by Gasteiger charge is -2.14. The smallest absolute Gasteiger partial charge is 0.244 e. The number of anilines is 1. The van der Waals surface area contributed by atoms with Gasteiger partial charge < -0.3 is 10.6 Å². The third-order valence-electron chi connectivity index (χ3n) is 5.17. The molecule has 1 amide bonds. The largest absolute Gasteiger partial charge is 0.383 e. The van der Waals surface area contributed by atoms with Crippen LogP contribution in [0.4, 0.5) is 5.82 Å². The molecule has 0 bridgehead atoms. The summed E-state index contributed by atoms with van der Waals surface area (Å²) >= 11 is 1.59. The summed E-state index contributed by atoms with van der Waals surface area (Å²) in [6.07, 6.45) is 7.54. The average Bonchev–Trinajstić information content (AvgIpc) is 3.48. The lowest BCUT2D eigenvalue weighted by Crippen LogP contribution is -2.31.